The third kappa shape index (κ3) is 3.39. The maximum atomic E-state index is 12.8. The summed E-state index contributed by atoms with van der Waals surface area (Å²) in [5.74, 6) is 0.0253. The molecule has 1 saturated heterocycles. The Bertz CT molecular complexity index is 1040. The largest absolute Gasteiger partial charge is 0.338 e. The number of carbonyl (C=O) groups is 2. The smallest absolute Gasteiger partial charge is 0.274 e. The van der Waals surface area contributed by atoms with Gasteiger partial charge in [-0.3, -0.25) is 14.3 Å². The molecule has 0 saturated carbocycles. The molecule has 0 atom stereocenters. The van der Waals surface area contributed by atoms with Gasteiger partial charge in [0, 0.05) is 38.4 Å². The summed E-state index contributed by atoms with van der Waals surface area (Å²) < 4.78 is 3.84. The summed E-state index contributed by atoms with van der Waals surface area (Å²) in [5, 5.41) is 4.49. The van der Waals surface area contributed by atoms with Crippen LogP contribution in [0.5, 0.6) is 0 Å². The first-order valence-electron chi connectivity index (χ1n) is 10.2. The van der Waals surface area contributed by atoms with Crippen LogP contribution in [0.3, 0.4) is 0 Å². The number of hydrogen-bond acceptors (Lipinski definition) is 4. The number of para-hydroxylation sites is 2. The molecule has 0 aliphatic carbocycles. The predicted octanol–water partition coefficient (Wildman–Crippen LogP) is 1.55. The van der Waals surface area contributed by atoms with Crippen molar-refractivity contribution < 1.29 is 9.59 Å². The van der Waals surface area contributed by atoms with E-state index in [4.69, 9.17) is 0 Å². The Balaban J connectivity index is 1.20. The van der Waals surface area contributed by atoms with Gasteiger partial charge in [0.15, 0.2) is 5.69 Å². The number of rotatable bonds is 3. The molecule has 0 N–H and O–H groups in total. The number of carbonyl (C=O) groups excluding carboxylic acids is 2. The maximum absolute atomic E-state index is 12.8. The van der Waals surface area contributed by atoms with Crippen LogP contribution in [-0.4, -0.2) is 67.1 Å². The Kier molecular flexibility index (Phi) is 4.54. The molecular weight excluding hydrogens is 368 g/mol. The van der Waals surface area contributed by atoms with Gasteiger partial charge < -0.3 is 14.4 Å². The second-order valence-corrected chi connectivity index (χ2v) is 7.74. The molecule has 4 heterocycles. The zero-order valence-corrected chi connectivity index (χ0v) is 16.3. The summed E-state index contributed by atoms with van der Waals surface area (Å²) in [6.07, 6.45) is 4.98. The van der Waals surface area contributed by atoms with E-state index >= 15 is 0 Å². The first-order chi connectivity index (χ1) is 14.2. The molecule has 0 radical (unpaired) electrons. The lowest BCUT2D eigenvalue weighted by atomic mass is 10.1. The minimum Gasteiger partial charge on any atom is -0.338 e. The highest BCUT2D eigenvalue weighted by Crippen LogP contribution is 2.17. The Morgan fingerprint density at radius 2 is 1.76 bits per heavy atom. The third-order valence-electron chi connectivity index (χ3n) is 5.89. The Morgan fingerprint density at radius 3 is 2.59 bits per heavy atom. The van der Waals surface area contributed by atoms with Crippen molar-refractivity contribution in [2.45, 2.75) is 32.4 Å². The van der Waals surface area contributed by atoms with E-state index in [1.54, 1.807) is 6.33 Å². The van der Waals surface area contributed by atoms with Crippen LogP contribution in [0.1, 0.15) is 29.0 Å². The summed E-state index contributed by atoms with van der Waals surface area (Å²) in [6.45, 7) is 3.33. The Morgan fingerprint density at radius 1 is 0.966 bits per heavy atom. The van der Waals surface area contributed by atoms with Crippen LogP contribution in [-0.2, 0) is 24.3 Å². The average Bonchev–Trinajstić information content (AvgIpc) is 3.38. The van der Waals surface area contributed by atoms with Crippen molar-refractivity contribution in [2.75, 3.05) is 26.2 Å². The number of fused-ring (bicyclic) bond motifs is 2. The van der Waals surface area contributed by atoms with Crippen molar-refractivity contribution in [1.29, 1.82) is 0 Å². The Labute approximate surface area is 168 Å². The lowest BCUT2D eigenvalue weighted by molar-refractivity contribution is -0.133. The standard InChI is InChI=1S/C21H24N6O2/c28-20(14-26-15-22-17-6-1-2-7-19(17)26)24-9-11-25(12-10-24)21(29)18-13-16-5-3-4-8-27(16)23-18/h1-2,6-7,13,15H,3-5,8-12,14H2. The van der Waals surface area contributed by atoms with Gasteiger partial charge in [-0.1, -0.05) is 12.1 Å². The number of piperazine rings is 1. The van der Waals surface area contributed by atoms with E-state index in [0.717, 1.165) is 42.5 Å². The molecule has 29 heavy (non-hydrogen) atoms. The molecule has 1 fully saturated rings. The fraction of sp³-hybridized carbons (Fsp3) is 0.429. The molecule has 8 nitrogen and oxygen atoms in total. The molecule has 3 aromatic rings. The molecule has 5 rings (SSSR count). The van der Waals surface area contributed by atoms with Gasteiger partial charge in [0.25, 0.3) is 5.91 Å². The van der Waals surface area contributed by atoms with E-state index in [9.17, 15) is 9.59 Å². The highest BCUT2D eigenvalue weighted by Gasteiger charge is 2.27. The number of amides is 2. The number of aryl methyl sites for hydroxylation is 2. The highest BCUT2D eigenvalue weighted by atomic mass is 16.2. The van der Waals surface area contributed by atoms with Crippen LogP contribution in [0.15, 0.2) is 36.7 Å². The van der Waals surface area contributed by atoms with Gasteiger partial charge in [0.2, 0.25) is 5.91 Å². The van der Waals surface area contributed by atoms with Gasteiger partial charge in [0.1, 0.15) is 6.54 Å². The van der Waals surface area contributed by atoms with Crippen LogP contribution in [0.2, 0.25) is 0 Å². The zero-order valence-electron chi connectivity index (χ0n) is 16.3. The summed E-state index contributed by atoms with van der Waals surface area (Å²) in [5.41, 5.74) is 3.53. The molecule has 2 aliphatic rings. The van der Waals surface area contributed by atoms with Gasteiger partial charge in [-0.15, -0.1) is 0 Å². The topological polar surface area (TPSA) is 76.3 Å². The number of nitrogens with zero attached hydrogens (tertiary/aromatic N) is 6. The number of benzene rings is 1. The lowest BCUT2D eigenvalue weighted by Crippen LogP contribution is -2.51. The maximum Gasteiger partial charge on any atom is 0.274 e. The van der Waals surface area contributed by atoms with Crippen LogP contribution in [0, 0.1) is 0 Å². The SMILES string of the molecule is O=C(Cn1cnc2ccccc21)N1CCN(C(=O)c2cc3n(n2)CCCC3)CC1. The van der Waals surface area contributed by atoms with Crippen LogP contribution >= 0.6 is 0 Å². The number of hydrogen-bond donors (Lipinski definition) is 0. The van der Waals surface area contributed by atoms with Gasteiger partial charge >= 0.3 is 0 Å². The van der Waals surface area contributed by atoms with E-state index in [1.165, 1.54) is 0 Å². The summed E-state index contributed by atoms with van der Waals surface area (Å²) >= 11 is 0. The van der Waals surface area contributed by atoms with Crippen LogP contribution < -0.4 is 0 Å². The average molecular weight is 392 g/mol. The molecule has 2 aliphatic heterocycles. The van der Waals surface area contributed by atoms with Crippen molar-refractivity contribution in [1.82, 2.24) is 29.1 Å². The number of imidazole rings is 1. The first kappa shape index (κ1) is 17.9. The van der Waals surface area contributed by atoms with Crippen molar-refractivity contribution >= 4 is 22.8 Å². The molecule has 8 heteroatoms. The van der Waals surface area contributed by atoms with Gasteiger partial charge in [-0.05, 0) is 37.5 Å². The zero-order chi connectivity index (χ0) is 19.8. The van der Waals surface area contributed by atoms with Crippen molar-refractivity contribution in [3.8, 4) is 0 Å². The molecule has 1 aromatic carbocycles. The van der Waals surface area contributed by atoms with Gasteiger partial charge in [-0.25, -0.2) is 4.98 Å². The fourth-order valence-electron chi connectivity index (χ4n) is 4.23. The van der Waals surface area contributed by atoms with E-state index in [0.29, 0.717) is 31.9 Å². The third-order valence-corrected chi connectivity index (χ3v) is 5.89. The summed E-state index contributed by atoms with van der Waals surface area (Å²) in [7, 11) is 0. The monoisotopic (exact) mass is 392 g/mol. The first-order valence-corrected chi connectivity index (χ1v) is 10.2. The van der Waals surface area contributed by atoms with E-state index in [1.807, 2.05) is 49.4 Å². The molecule has 2 aromatic heterocycles. The normalized spacial score (nSPS) is 16.8. The molecule has 0 bridgehead atoms. The second kappa shape index (κ2) is 7.35. The molecule has 2 amide bonds. The Hall–Kier alpha value is -3.16. The van der Waals surface area contributed by atoms with Crippen molar-refractivity contribution in [2.24, 2.45) is 0 Å². The molecule has 0 unspecified atom stereocenters. The molecule has 0 spiro atoms. The molecule has 150 valence electrons. The van der Waals surface area contributed by atoms with Crippen LogP contribution in [0.25, 0.3) is 11.0 Å². The minimum atomic E-state index is -0.0281. The lowest BCUT2D eigenvalue weighted by Gasteiger charge is -2.34. The fourth-order valence-corrected chi connectivity index (χ4v) is 4.23. The van der Waals surface area contributed by atoms with Crippen molar-refractivity contribution in [3.05, 3.63) is 48.0 Å². The van der Waals surface area contributed by atoms with Gasteiger partial charge in [-0.2, -0.15) is 5.10 Å². The predicted molar refractivity (Wildman–Crippen MR) is 107 cm³/mol. The quantitative estimate of drug-likeness (QED) is 0.678. The second-order valence-electron chi connectivity index (χ2n) is 7.74. The van der Waals surface area contributed by atoms with E-state index in [-0.39, 0.29) is 18.4 Å². The summed E-state index contributed by atoms with van der Waals surface area (Å²) in [6, 6.07) is 9.73. The van der Waals surface area contributed by atoms with Crippen LogP contribution in [0.4, 0.5) is 0 Å². The summed E-state index contributed by atoms with van der Waals surface area (Å²) in [4.78, 5) is 33.6. The highest BCUT2D eigenvalue weighted by molar-refractivity contribution is 5.92. The number of aromatic nitrogens is 4. The van der Waals surface area contributed by atoms with Gasteiger partial charge in [0.05, 0.1) is 17.4 Å². The van der Waals surface area contributed by atoms with E-state index in [2.05, 4.69) is 10.1 Å². The minimum absolute atomic E-state index is 0.0281. The molecular formula is C21H24N6O2. The van der Waals surface area contributed by atoms with Crippen molar-refractivity contribution in [3.63, 3.8) is 0 Å². The van der Waals surface area contributed by atoms with E-state index < -0.39 is 0 Å².